The standard InChI is InChI=1S/C21H38N2O3/c1-15-9-8-10-16(2)17(3)18(11-15)12-25-14-21(7,13-22)23-19(24)26-20(4,5)6/h15-18H,8-12,14H2,1-7H3,(H,23,24). The van der Waals surface area contributed by atoms with Gasteiger partial charge in [0.2, 0.25) is 0 Å². The van der Waals surface area contributed by atoms with Crippen LogP contribution >= 0.6 is 0 Å². The summed E-state index contributed by atoms with van der Waals surface area (Å²) in [6.07, 6.45) is 4.44. The molecule has 0 heterocycles. The van der Waals surface area contributed by atoms with E-state index in [9.17, 15) is 10.1 Å². The van der Waals surface area contributed by atoms with E-state index < -0.39 is 17.2 Å². The Morgan fingerprint density at radius 2 is 1.85 bits per heavy atom. The average molecular weight is 367 g/mol. The number of nitrogens with zero attached hydrogens (tertiary/aromatic N) is 1. The summed E-state index contributed by atoms with van der Waals surface area (Å²) >= 11 is 0. The van der Waals surface area contributed by atoms with Gasteiger partial charge in [-0.25, -0.2) is 4.79 Å². The molecule has 5 atom stereocenters. The van der Waals surface area contributed by atoms with E-state index >= 15 is 0 Å². The van der Waals surface area contributed by atoms with E-state index in [-0.39, 0.29) is 6.61 Å². The van der Waals surface area contributed by atoms with Crippen molar-refractivity contribution in [3.63, 3.8) is 0 Å². The van der Waals surface area contributed by atoms with E-state index in [4.69, 9.17) is 9.47 Å². The van der Waals surface area contributed by atoms with Crippen LogP contribution in [0.1, 0.15) is 74.1 Å². The SMILES string of the molecule is CC1CCCC(C)C(C)C(COCC(C)(C#N)NC(=O)OC(C)(C)C)C1. The topological polar surface area (TPSA) is 71.3 Å². The van der Waals surface area contributed by atoms with Gasteiger partial charge in [0, 0.05) is 6.61 Å². The Bertz CT molecular complexity index is 494. The molecule has 1 saturated carbocycles. The minimum absolute atomic E-state index is 0.161. The number of rotatable bonds is 5. The Labute approximate surface area is 159 Å². The fourth-order valence-corrected chi connectivity index (χ4v) is 3.62. The molecular formula is C21H38N2O3. The van der Waals surface area contributed by atoms with Gasteiger partial charge >= 0.3 is 6.09 Å². The number of nitriles is 1. The summed E-state index contributed by atoms with van der Waals surface area (Å²) < 4.78 is 11.2. The molecule has 1 aliphatic rings. The number of nitrogens with one attached hydrogen (secondary N) is 1. The lowest BCUT2D eigenvalue weighted by Gasteiger charge is -2.34. The highest BCUT2D eigenvalue weighted by Gasteiger charge is 2.31. The number of hydrogen-bond donors (Lipinski definition) is 1. The van der Waals surface area contributed by atoms with Crippen LogP contribution in [0.2, 0.25) is 0 Å². The van der Waals surface area contributed by atoms with Gasteiger partial charge < -0.3 is 14.8 Å². The molecule has 1 fully saturated rings. The van der Waals surface area contributed by atoms with E-state index in [2.05, 4.69) is 32.2 Å². The summed E-state index contributed by atoms with van der Waals surface area (Å²) in [5.41, 5.74) is -1.69. The second kappa shape index (κ2) is 9.60. The van der Waals surface area contributed by atoms with Gasteiger partial charge in [0.05, 0.1) is 12.7 Å². The van der Waals surface area contributed by atoms with Crippen molar-refractivity contribution in [1.82, 2.24) is 5.32 Å². The Hall–Kier alpha value is -1.28. The molecule has 0 aliphatic heterocycles. The largest absolute Gasteiger partial charge is 0.444 e. The maximum Gasteiger partial charge on any atom is 0.408 e. The molecule has 1 aliphatic carbocycles. The van der Waals surface area contributed by atoms with Gasteiger partial charge in [-0.3, -0.25) is 0 Å². The van der Waals surface area contributed by atoms with Crippen LogP contribution in [0.5, 0.6) is 0 Å². The van der Waals surface area contributed by atoms with Crippen molar-refractivity contribution >= 4 is 6.09 Å². The number of carbonyl (C=O) groups is 1. The van der Waals surface area contributed by atoms with Crippen molar-refractivity contribution in [1.29, 1.82) is 5.26 Å². The van der Waals surface area contributed by atoms with Crippen LogP contribution in [-0.4, -0.2) is 30.4 Å². The Balaban J connectivity index is 2.58. The number of carbonyl (C=O) groups excluding carboxylic acids is 1. The maximum atomic E-state index is 12.0. The van der Waals surface area contributed by atoms with Crippen molar-refractivity contribution < 1.29 is 14.3 Å². The number of alkyl carbamates (subject to hydrolysis) is 1. The molecule has 0 radical (unpaired) electrons. The Kier molecular flexibility index (Phi) is 8.40. The van der Waals surface area contributed by atoms with Gasteiger partial charge in [-0.2, -0.15) is 5.26 Å². The van der Waals surface area contributed by atoms with Gasteiger partial charge in [0.25, 0.3) is 0 Å². The molecule has 1 N–H and O–H groups in total. The van der Waals surface area contributed by atoms with Crippen LogP contribution in [0.4, 0.5) is 4.79 Å². The van der Waals surface area contributed by atoms with Crippen molar-refractivity contribution in [2.75, 3.05) is 13.2 Å². The normalized spacial score (nSPS) is 29.6. The lowest BCUT2D eigenvalue weighted by molar-refractivity contribution is 0.0199. The van der Waals surface area contributed by atoms with Gasteiger partial charge in [-0.1, -0.05) is 40.0 Å². The van der Waals surface area contributed by atoms with E-state index in [1.165, 1.54) is 19.3 Å². The van der Waals surface area contributed by atoms with E-state index in [1.807, 2.05) is 0 Å². The predicted molar refractivity (Wildman–Crippen MR) is 104 cm³/mol. The fourth-order valence-electron chi connectivity index (χ4n) is 3.62. The average Bonchev–Trinajstić information content (AvgIpc) is 2.50. The van der Waals surface area contributed by atoms with E-state index in [0.717, 1.165) is 6.42 Å². The van der Waals surface area contributed by atoms with Crippen LogP contribution in [0.25, 0.3) is 0 Å². The molecule has 5 unspecified atom stereocenters. The van der Waals surface area contributed by atoms with Crippen LogP contribution in [0.15, 0.2) is 0 Å². The van der Waals surface area contributed by atoms with Crippen LogP contribution in [-0.2, 0) is 9.47 Å². The highest BCUT2D eigenvalue weighted by Crippen LogP contribution is 2.34. The van der Waals surface area contributed by atoms with Crippen LogP contribution < -0.4 is 5.32 Å². The van der Waals surface area contributed by atoms with Crippen molar-refractivity contribution in [3.05, 3.63) is 0 Å². The zero-order valence-electron chi connectivity index (χ0n) is 17.7. The summed E-state index contributed by atoms with van der Waals surface area (Å²) in [6, 6.07) is 2.15. The minimum atomic E-state index is -1.09. The molecule has 0 aromatic carbocycles. The molecule has 0 spiro atoms. The van der Waals surface area contributed by atoms with Gasteiger partial charge in [0.1, 0.15) is 5.60 Å². The number of amides is 1. The molecule has 0 bridgehead atoms. The minimum Gasteiger partial charge on any atom is -0.444 e. The first-order valence-corrected chi connectivity index (χ1v) is 9.96. The first kappa shape index (κ1) is 22.8. The molecule has 0 aromatic heterocycles. The quantitative estimate of drug-likeness (QED) is 0.750. The van der Waals surface area contributed by atoms with Gasteiger partial charge in [0.15, 0.2) is 5.54 Å². The monoisotopic (exact) mass is 366 g/mol. The van der Waals surface area contributed by atoms with E-state index in [0.29, 0.717) is 30.3 Å². The maximum absolute atomic E-state index is 12.0. The van der Waals surface area contributed by atoms with Crippen molar-refractivity contribution in [2.24, 2.45) is 23.7 Å². The van der Waals surface area contributed by atoms with Gasteiger partial charge in [-0.15, -0.1) is 0 Å². The van der Waals surface area contributed by atoms with Crippen molar-refractivity contribution in [3.8, 4) is 6.07 Å². The second-order valence-corrected chi connectivity index (χ2v) is 9.45. The van der Waals surface area contributed by atoms with Crippen LogP contribution in [0.3, 0.4) is 0 Å². The first-order valence-electron chi connectivity index (χ1n) is 9.96. The van der Waals surface area contributed by atoms with Gasteiger partial charge in [-0.05, 0) is 57.8 Å². The Morgan fingerprint density at radius 3 is 2.42 bits per heavy atom. The smallest absolute Gasteiger partial charge is 0.408 e. The lowest BCUT2D eigenvalue weighted by atomic mass is 9.74. The zero-order valence-corrected chi connectivity index (χ0v) is 17.7. The molecule has 0 aromatic rings. The highest BCUT2D eigenvalue weighted by molar-refractivity contribution is 5.69. The second-order valence-electron chi connectivity index (χ2n) is 9.45. The molecule has 1 amide bonds. The molecular weight excluding hydrogens is 328 g/mol. The van der Waals surface area contributed by atoms with Crippen LogP contribution in [0, 0.1) is 35.0 Å². The Morgan fingerprint density at radius 1 is 1.19 bits per heavy atom. The summed E-state index contributed by atoms with van der Waals surface area (Å²) in [7, 11) is 0. The third kappa shape index (κ3) is 7.95. The summed E-state index contributed by atoms with van der Waals surface area (Å²) in [5.74, 6) is 2.49. The fraction of sp³-hybridized carbons (Fsp3) is 0.905. The highest BCUT2D eigenvalue weighted by atomic mass is 16.6. The summed E-state index contributed by atoms with van der Waals surface area (Å²) in [5, 5.41) is 12.1. The third-order valence-corrected chi connectivity index (χ3v) is 5.45. The lowest BCUT2D eigenvalue weighted by Crippen LogP contribution is -2.50. The van der Waals surface area contributed by atoms with E-state index in [1.54, 1.807) is 27.7 Å². The predicted octanol–water partition coefficient (Wildman–Crippen LogP) is 4.91. The molecule has 5 nitrogen and oxygen atoms in total. The number of hydrogen-bond acceptors (Lipinski definition) is 4. The molecule has 0 saturated heterocycles. The first-order chi connectivity index (χ1) is 12.0. The summed E-state index contributed by atoms with van der Waals surface area (Å²) in [4.78, 5) is 12.0. The third-order valence-electron chi connectivity index (χ3n) is 5.45. The van der Waals surface area contributed by atoms with Crippen molar-refractivity contribution in [2.45, 2.75) is 85.3 Å². The summed E-state index contributed by atoms with van der Waals surface area (Å²) in [6.45, 7) is 14.8. The molecule has 1 rings (SSSR count). The molecule has 150 valence electrons. The molecule has 26 heavy (non-hydrogen) atoms. The zero-order chi connectivity index (χ0) is 20.0. The molecule has 5 heteroatoms. The number of ether oxygens (including phenoxy) is 2.